The molecule has 2 unspecified atom stereocenters. The third-order valence-electron chi connectivity index (χ3n) is 4.51. The van der Waals surface area contributed by atoms with Crippen LogP contribution in [0.1, 0.15) is 48.0 Å². The molecule has 0 bridgehead atoms. The first kappa shape index (κ1) is 18.6. The molecule has 1 fully saturated rings. The normalized spacial score (nSPS) is 28.8. The van der Waals surface area contributed by atoms with E-state index < -0.39 is 5.60 Å². The Morgan fingerprint density at radius 1 is 1.45 bits per heavy atom. The number of allylic oxidation sites excluding steroid dienone is 3. The average Bonchev–Trinajstić information content (AvgIpc) is 2.44. The second-order valence-corrected chi connectivity index (χ2v) is 7.23. The molecule has 0 aliphatic carbocycles. The van der Waals surface area contributed by atoms with Gasteiger partial charge in [-0.1, -0.05) is 59.9 Å². The molecule has 1 heterocycles. The van der Waals surface area contributed by atoms with Crippen LogP contribution in [0.15, 0.2) is 48.1 Å². The van der Waals surface area contributed by atoms with Crippen molar-refractivity contribution in [1.82, 2.24) is 0 Å². The fraction of sp³-hybridized carbons (Fsp3) is 0.550. The summed E-state index contributed by atoms with van der Waals surface area (Å²) in [6.07, 6.45) is 6.25. The zero-order valence-electron chi connectivity index (χ0n) is 15.0. The molecule has 122 valence electrons. The molecule has 0 aromatic heterocycles. The van der Waals surface area contributed by atoms with Gasteiger partial charge in [0.05, 0.1) is 12.2 Å². The Bertz CT molecular complexity index is 528. The zero-order valence-corrected chi connectivity index (χ0v) is 15.0. The fourth-order valence-corrected chi connectivity index (χ4v) is 2.73. The van der Waals surface area contributed by atoms with Gasteiger partial charge in [0.2, 0.25) is 0 Å². The molecular weight excluding hydrogens is 272 g/mol. The largest absolute Gasteiger partial charge is 0.366 e. The highest BCUT2D eigenvalue weighted by molar-refractivity contribution is 5.96. The van der Waals surface area contributed by atoms with Crippen molar-refractivity contribution in [2.75, 3.05) is 6.61 Å². The maximum atomic E-state index is 12.4. The smallest absolute Gasteiger partial charge is 0.158 e. The third-order valence-corrected chi connectivity index (χ3v) is 4.51. The number of hydrogen-bond acceptors (Lipinski definition) is 2. The first-order valence-corrected chi connectivity index (χ1v) is 7.98. The highest BCUT2D eigenvalue weighted by Gasteiger charge is 2.39. The Balaban J connectivity index is 3.26. The Morgan fingerprint density at radius 3 is 2.50 bits per heavy atom. The van der Waals surface area contributed by atoms with Crippen LogP contribution >= 0.6 is 0 Å². The van der Waals surface area contributed by atoms with Crippen molar-refractivity contribution in [2.24, 2.45) is 11.3 Å². The molecule has 1 aliphatic heterocycles. The van der Waals surface area contributed by atoms with Crippen molar-refractivity contribution in [1.29, 1.82) is 0 Å². The van der Waals surface area contributed by atoms with Crippen molar-refractivity contribution >= 4 is 5.78 Å². The molecule has 0 radical (unpaired) electrons. The summed E-state index contributed by atoms with van der Waals surface area (Å²) < 4.78 is 6.13. The molecule has 0 aromatic rings. The van der Waals surface area contributed by atoms with E-state index >= 15 is 0 Å². The molecule has 1 rings (SSSR count). The minimum absolute atomic E-state index is 0.106. The first-order chi connectivity index (χ1) is 10.1. The maximum absolute atomic E-state index is 12.4. The van der Waals surface area contributed by atoms with Crippen LogP contribution in [0, 0.1) is 11.3 Å². The van der Waals surface area contributed by atoms with Gasteiger partial charge in [0, 0.05) is 12.3 Å². The van der Waals surface area contributed by atoms with Crippen LogP contribution in [0.3, 0.4) is 0 Å². The lowest BCUT2D eigenvalue weighted by Gasteiger charge is -2.41. The van der Waals surface area contributed by atoms with Crippen molar-refractivity contribution in [3.05, 3.63) is 48.1 Å². The van der Waals surface area contributed by atoms with Crippen molar-refractivity contribution < 1.29 is 9.53 Å². The highest BCUT2D eigenvalue weighted by atomic mass is 16.5. The molecule has 0 amide bonds. The van der Waals surface area contributed by atoms with E-state index in [0.29, 0.717) is 13.0 Å². The van der Waals surface area contributed by atoms with Crippen molar-refractivity contribution in [3.63, 3.8) is 0 Å². The van der Waals surface area contributed by atoms with Crippen LogP contribution in [0.5, 0.6) is 0 Å². The summed E-state index contributed by atoms with van der Waals surface area (Å²) in [7, 11) is 0. The molecule has 2 atom stereocenters. The molecule has 0 N–H and O–H groups in total. The summed E-state index contributed by atoms with van der Waals surface area (Å²) >= 11 is 0. The van der Waals surface area contributed by atoms with Gasteiger partial charge in [-0.25, -0.2) is 0 Å². The van der Waals surface area contributed by atoms with Crippen LogP contribution in [0.4, 0.5) is 0 Å². The van der Waals surface area contributed by atoms with Gasteiger partial charge < -0.3 is 4.74 Å². The Kier molecular flexibility index (Phi) is 5.75. The van der Waals surface area contributed by atoms with Crippen LogP contribution in [0.25, 0.3) is 0 Å². The Hall–Kier alpha value is -1.41. The van der Waals surface area contributed by atoms with E-state index in [1.807, 2.05) is 26.0 Å². The van der Waals surface area contributed by atoms with Gasteiger partial charge in [0.25, 0.3) is 0 Å². The molecule has 2 nitrogen and oxygen atoms in total. The van der Waals surface area contributed by atoms with Gasteiger partial charge in [-0.15, -0.1) is 0 Å². The van der Waals surface area contributed by atoms with Crippen LogP contribution in [-0.2, 0) is 9.53 Å². The zero-order chi connectivity index (χ0) is 17.1. The monoisotopic (exact) mass is 302 g/mol. The number of ether oxygens (including phenoxy) is 1. The standard InChI is InChI=1S/C20H30O2/c1-9-11-16-13-22-20(8,15(4)14(16)3)12-17(18(21)10-2)19(5,6)7/h9,11-12,15H,1,3,10,13H2,2,4-8H3/b16-11-,17-12-. The van der Waals surface area contributed by atoms with Gasteiger partial charge >= 0.3 is 0 Å². The van der Waals surface area contributed by atoms with Crippen molar-refractivity contribution in [3.8, 4) is 0 Å². The molecule has 0 aromatic carbocycles. The topological polar surface area (TPSA) is 26.3 Å². The lowest BCUT2D eigenvalue weighted by molar-refractivity contribution is -0.116. The number of carbonyl (C=O) groups excluding carboxylic acids is 1. The van der Waals surface area contributed by atoms with E-state index in [4.69, 9.17) is 4.74 Å². The van der Waals surface area contributed by atoms with Gasteiger partial charge in [-0.05, 0) is 35.1 Å². The minimum Gasteiger partial charge on any atom is -0.366 e. The number of hydrogen-bond donors (Lipinski definition) is 0. The SMILES string of the molecule is C=C/C=C1/COC(C)(/C=C(/C(=O)CC)C(C)(C)C)C(C)C1=C. The van der Waals surface area contributed by atoms with Crippen LogP contribution in [-0.4, -0.2) is 18.0 Å². The summed E-state index contributed by atoms with van der Waals surface area (Å²) in [6, 6.07) is 0. The number of Topliss-reactive ketones (excluding diaryl/α,β-unsaturated/α-hetero) is 1. The van der Waals surface area contributed by atoms with Crippen LogP contribution < -0.4 is 0 Å². The van der Waals surface area contributed by atoms with E-state index in [-0.39, 0.29) is 17.1 Å². The van der Waals surface area contributed by atoms with E-state index in [2.05, 4.69) is 40.9 Å². The summed E-state index contributed by atoms with van der Waals surface area (Å²) in [5.41, 5.74) is 2.27. The molecule has 22 heavy (non-hydrogen) atoms. The molecule has 1 saturated heterocycles. The van der Waals surface area contributed by atoms with Gasteiger partial charge in [0.1, 0.15) is 0 Å². The van der Waals surface area contributed by atoms with Crippen molar-refractivity contribution in [2.45, 2.75) is 53.6 Å². The highest BCUT2D eigenvalue weighted by Crippen LogP contribution is 2.40. The van der Waals surface area contributed by atoms with E-state index in [1.165, 1.54) is 0 Å². The minimum atomic E-state index is -0.511. The molecule has 0 spiro atoms. The number of carbonyl (C=O) groups is 1. The predicted octanol–water partition coefficient (Wildman–Crippen LogP) is 5.03. The molecule has 0 saturated carbocycles. The molecule has 1 aliphatic rings. The van der Waals surface area contributed by atoms with E-state index in [9.17, 15) is 4.79 Å². The third kappa shape index (κ3) is 3.86. The summed E-state index contributed by atoms with van der Waals surface area (Å²) in [5.74, 6) is 0.289. The lowest BCUT2D eigenvalue weighted by Crippen LogP contribution is -2.42. The second-order valence-electron chi connectivity index (χ2n) is 7.23. The fourth-order valence-electron chi connectivity index (χ4n) is 2.73. The molecule has 2 heteroatoms. The Morgan fingerprint density at radius 2 is 2.05 bits per heavy atom. The second kappa shape index (κ2) is 6.78. The van der Waals surface area contributed by atoms with Gasteiger partial charge in [0.15, 0.2) is 5.78 Å². The average molecular weight is 302 g/mol. The predicted molar refractivity (Wildman–Crippen MR) is 93.8 cm³/mol. The van der Waals surface area contributed by atoms with E-state index in [1.54, 1.807) is 6.08 Å². The van der Waals surface area contributed by atoms with Crippen LogP contribution in [0.2, 0.25) is 0 Å². The summed E-state index contributed by atoms with van der Waals surface area (Å²) in [5, 5.41) is 0. The van der Waals surface area contributed by atoms with E-state index in [0.717, 1.165) is 16.7 Å². The Labute approximate surface area is 135 Å². The first-order valence-electron chi connectivity index (χ1n) is 7.98. The molecular formula is C20H30O2. The number of ketones is 1. The quantitative estimate of drug-likeness (QED) is 0.681. The summed E-state index contributed by atoms with van der Waals surface area (Å²) in [6.45, 7) is 20.7. The lowest BCUT2D eigenvalue weighted by atomic mass is 9.74. The summed E-state index contributed by atoms with van der Waals surface area (Å²) in [4.78, 5) is 12.4. The number of rotatable bonds is 4. The maximum Gasteiger partial charge on any atom is 0.158 e. The van der Waals surface area contributed by atoms with Gasteiger partial charge in [-0.3, -0.25) is 4.79 Å². The van der Waals surface area contributed by atoms with Gasteiger partial charge in [-0.2, -0.15) is 0 Å².